The monoisotopic (exact) mass is 384 g/mol. The average molecular weight is 384 g/mol. The van der Waals surface area contributed by atoms with Crippen molar-refractivity contribution in [1.29, 1.82) is 0 Å². The summed E-state index contributed by atoms with van der Waals surface area (Å²) in [6, 6.07) is 12.8. The summed E-state index contributed by atoms with van der Waals surface area (Å²) in [6.45, 7) is 0.743. The SMILES string of the molecule is COc1ccc(CNC(=O)C2CC(=O)N(c3ccc(OC)c(OC)c3)C2)cc1. The number of carbonyl (C=O) groups excluding carboxylic acids is 2. The van der Waals surface area contributed by atoms with E-state index in [0.29, 0.717) is 30.3 Å². The highest BCUT2D eigenvalue weighted by atomic mass is 16.5. The molecule has 1 heterocycles. The summed E-state index contributed by atoms with van der Waals surface area (Å²) in [5.74, 6) is 1.29. The first-order chi connectivity index (χ1) is 13.5. The molecule has 0 spiro atoms. The number of amides is 2. The van der Waals surface area contributed by atoms with E-state index in [1.54, 1.807) is 44.4 Å². The van der Waals surface area contributed by atoms with E-state index in [1.807, 2.05) is 24.3 Å². The topological polar surface area (TPSA) is 77.1 Å². The third-order valence-corrected chi connectivity index (χ3v) is 4.80. The Morgan fingerprint density at radius 3 is 2.39 bits per heavy atom. The van der Waals surface area contributed by atoms with Gasteiger partial charge in [-0.15, -0.1) is 0 Å². The van der Waals surface area contributed by atoms with Gasteiger partial charge in [0, 0.05) is 31.3 Å². The number of ether oxygens (including phenoxy) is 3. The minimum absolute atomic E-state index is 0.0863. The zero-order valence-corrected chi connectivity index (χ0v) is 16.2. The van der Waals surface area contributed by atoms with Gasteiger partial charge in [0.05, 0.1) is 27.2 Å². The van der Waals surface area contributed by atoms with Crippen LogP contribution in [0.5, 0.6) is 17.2 Å². The van der Waals surface area contributed by atoms with E-state index in [9.17, 15) is 9.59 Å². The number of hydrogen-bond donors (Lipinski definition) is 1. The number of methoxy groups -OCH3 is 3. The molecule has 1 unspecified atom stereocenters. The fourth-order valence-corrected chi connectivity index (χ4v) is 3.20. The second-order valence-corrected chi connectivity index (χ2v) is 6.51. The Bertz CT molecular complexity index is 850. The summed E-state index contributed by atoms with van der Waals surface area (Å²) in [6.07, 6.45) is 0.183. The lowest BCUT2D eigenvalue weighted by atomic mass is 10.1. The number of nitrogens with zero attached hydrogens (tertiary/aromatic N) is 1. The van der Waals surface area contributed by atoms with Crippen molar-refractivity contribution in [3.05, 3.63) is 48.0 Å². The molecule has 0 radical (unpaired) electrons. The first kappa shape index (κ1) is 19.5. The van der Waals surface area contributed by atoms with Gasteiger partial charge in [0.15, 0.2) is 11.5 Å². The van der Waals surface area contributed by atoms with Crippen molar-refractivity contribution in [2.45, 2.75) is 13.0 Å². The van der Waals surface area contributed by atoms with Crippen LogP contribution in [0.2, 0.25) is 0 Å². The Hall–Kier alpha value is -3.22. The van der Waals surface area contributed by atoms with Crippen LogP contribution in [0, 0.1) is 5.92 Å². The fourth-order valence-electron chi connectivity index (χ4n) is 3.20. The van der Waals surface area contributed by atoms with Gasteiger partial charge in [-0.3, -0.25) is 9.59 Å². The molecule has 1 fully saturated rings. The highest BCUT2D eigenvalue weighted by molar-refractivity contribution is 6.00. The number of rotatable bonds is 7. The number of nitrogens with one attached hydrogen (secondary N) is 1. The Morgan fingerprint density at radius 2 is 1.75 bits per heavy atom. The van der Waals surface area contributed by atoms with E-state index in [1.165, 1.54) is 0 Å². The van der Waals surface area contributed by atoms with Gasteiger partial charge in [0.25, 0.3) is 0 Å². The van der Waals surface area contributed by atoms with Crippen LogP contribution >= 0.6 is 0 Å². The Labute approximate surface area is 164 Å². The summed E-state index contributed by atoms with van der Waals surface area (Å²) in [7, 11) is 4.71. The Morgan fingerprint density at radius 1 is 1.04 bits per heavy atom. The molecule has 2 aromatic carbocycles. The predicted molar refractivity (Wildman–Crippen MR) is 105 cm³/mol. The van der Waals surface area contributed by atoms with E-state index in [0.717, 1.165) is 11.3 Å². The number of carbonyl (C=O) groups is 2. The van der Waals surface area contributed by atoms with Gasteiger partial charge >= 0.3 is 0 Å². The maximum Gasteiger partial charge on any atom is 0.227 e. The lowest BCUT2D eigenvalue weighted by molar-refractivity contribution is -0.126. The van der Waals surface area contributed by atoms with Crippen molar-refractivity contribution in [2.24, 2.45) is 5.92 Å². The molecule has 1 aliphatic heterocycles. The first-order valence-corrected chi connectivity index (χ1v) is 8.98. The molecule has 28 heavy (non-hydrogen) atoms. The van der Waals surface area contributed by atoms with Crippen molar-refractivity contribution < 1.29 is 23.8 Å². The van der Waals surface area contributed by atoms with Crippen LogP contribution < -0.4 is 24.4 Å². The van der Waals surface area contributed by atoms with Crippen LogP contribution in [0.1, 0.15) is 12.0 Å². The molecule has 2 amide bonds. The lowest BCUT2D eigenvalue weighted by Crippen LogP contribution is -2.32. The summed E-state index contributed by atoms with van der Waals surface area (Å²) < 4.78 is 15.7. The lowest BCUT2D eigenvalue weighted by Gasteiger charge is -2.18. The minimum Gasteiger partial charge on any atom is -0.497 e. The van der Waals surface area contributed by atoms with Crippen LogP contribution in [0.3, 0.4) is 0 Å². The second-order valence-electron chi connectivity index (χ2n) is 6.51. The summed E-state index contributed by atoms with van der Waals surface area (Å²) >= 11 is 0. The summed E-state index contributed by atoms with van der Waals surface area (Å²) in [5, 5.41) is 2.91. The molecule has 1 aliphatic rings. The number of benzene rings is 2. The average Bonchev–Trinajstić information content (AvgIpc) is 3.13. The molecule has 1 atom stereocenters. The Balaban J connectivity index is 1.62. The second kappa shape index (κ2) is 8.65. The van der Waals surface area contributed by atoms with Crippen molar-refractivity contribution >= 4 is 17.5 Å². The van der Waals surface area contributed by atoms with E-state index in [-0.39, 0.29) is 24.2 Å². The molecule has 7 nitrogen and oxygen atoms in total. The van der Waals surface area contributed by atoms with Crippen LogP contribution in [-0.4, -0.2) is 39.7 Å². The summed E-state index contributed by atoms with van der Waals surface area (Å²) in [5.41, 5.74) is 1.66. The van der Waals surface area contributed by atoms with Gasteiger partial charge in [-0.05, 0) is 29.8 Å². The van der Waals surface area contributed by atoms with E-state index in [4.69, 9.17) is 14.2 Å². The first-order valence-electron chi connectivity index (χ1n) is 8.98. The van der Waals surface area contributed by atoms with Gasteiger partial charge in [-0.25, -0.2) is 0 Å². The van der Waals surface area contributed by atoms with Gasteiger partial charge in [0.1, 0.15) is 5.75 Å². The zero-order chi connectivity index (χ0) is 20.1. The largest absolute Gasteiger partial charge is 0.497 e. The third-order valence-electron chi connectivity index (χ3n) is 4.80. The molecule has 7 heteroatoms. The number of anilines is 1. The smallest absolute Gasteiger partial charge is 0.227 e. The maximum absolute atomic E-state index is 12.5. The molecule has 1 saturated heterocycles. The van der Waals surface area contributed by atoms with Gasteiger partial charge in [-0.1, -0.05) is 12.1 Å². The minimum atomic E-state index is -0.390. The molecule has 0 aliphatic carbocycles. The van der Waals surface area contributed by atoms with Crippen LogP contribution in [0.15, 0.2) is 42.5 Å². The third kappa shape index (κ3) is 4.19. The molecule has 2 aromatic rings. The number of hydrogen-bond acceptors (Lipinski definition) is 5. The molecule has 1 N–H and O–H groups in total. The molecular formula is C21H24N2O5. The van der Waals surface area contributed by atoms with Crippen molar-refractivity contribution in [3.8, 4) is 17.2 Å². The maximum atomic E-state index is 12.5. The molecule has 0 aromatic heterocycles. The highest BCUT2D eigenvalue weighted by Gasteiger charge is 2.35. The van der Waals surface area contributed by atoms with E-state index in [2.05, 4.69) is 5.32 Å². The molecular weight excluding hydrogens is 360 g/mol. The van der Waals surface area contributed by atoms with E-state index >= 15 is 0 Å². The summed E-state index contributed by atoms with van der Waals surface area (Å²) in [4.78, 5) is 26.6. The molecule has 0 saturated carbocycles. The van der Waals surface area contributed by atoms with Gasteiger partial charge in [-0.2, -0.15) is 0 Å². The zero-order valence-electron chi connectivity index (χ0n) is 16.2. The van der Waals surface area contributed by atoms with Gasteiger partial charge < -0.3 is 24.4 Å². The molecule has 0 bridgehead atoms. The van der Waals surface area contributed by atoms with Crippen LogP contribution in [-0.2, 0) is 16.1 Å². The van der Waals surface area contributed by atoms with Crippen LogP contribution in [0.25, 0.3) is 0 Å². The quantitative estimate of drug-likeness (QED) is 0.793. The van der Waals surface area contributed by atoms with Crippen molar-refractivity contribution in [2.75, 3.05) is 32.8 Å². The standard InChI is InChI=1S/C21H24N2O5/c1-26-17-7-4-14(5-8-17)12-22-21(25)15-10-20(24)23(13-15)16-6-9-18(27-2)19(11-16)28-3/h4-9,11,15H,10,12-13H2,1-3H3,(H,22,25). The fraction of sp³-hybridized carbons (Fsp3) is 0.333. The predicted octanol–water partition coefficient (Wildman–Crippen LogP) is 2.38. The van der Waals surface area contributed by atoms with Crippen molar-refractivity contribution in [3.63, 3.8) is 0 Å². The van der Waals surface area contributed by atoms with Crippen LogP contribution in [0.4, 0.5) is 5.69 Å². The molecule has 148 valence electrons. The van der Waals surface area contributed by atoms with E-state index < -0.39 is 0 Å². The highest BCUT2D eigenvalue weighted by Crippen LogP contribution is 2.34. The van der Waals surface area contributed by atoms with Gasteiger partial charge in [0.2, 0.25) is 11.8 Å². The van der Waals surface area contributed by atoms with Crippen molar-refractivity contribution in [1.82, 2.24) is 5.32 Å². The normalized spacial score (nSPS) is 16.0. The Kier molecular flexibility index (Phi) is 6.03. The molecule has 3 rings (SSSR count).